The van der Waals surface area contributed by atoms with Crippen LogP contribution >= 0.6 is 11.6 Å². The van der Waals surface area contributed by atoms with Crippen LogP contribution in [0.15, 0.2) is 18.2 Å². The van der Waals surface area contributed by atoms with E-state index in [0.717, 1.165) is 19.5 Å². The molecule has 0 spiro atoms. The normalized spacial score (nSPS) is 15.7. The third kappa shape index (κ3) is 4.44. The van der Waals surface area contributed by atoms with Crippen LogP contribution < -0.4 is 5.32 Å². The largest absolute Gasteiger partial charge is 0.312 e. The van der Waals surface area contributed by atoms with Gasteiger partial charge in [0.05, 0.1) is 4.92 Å². The summed E-state index contributed by atoms with van der Waals surface area (Å²) >= 11 is 5.89. The molecule has 1 aromatic rings. The van der Waals surface area contributed by atoms with Crippen molar-refractivity contribution >= 4 is 17.3 Å². The summed E-state index contributed by atoms with van der Waals surface area (Å²) in [6, 6.07) is 4.67. The maximum Gasteiger partial charge on any atom is 0.273 e. The first-order valence-electron chi connectivity index (χ1n) is 7.03. The third-order valence-corrected chi connectivity index (χ3v) is 3.82. The van der Waals surface area contributed by atoms with Crippen molar-refractivity contribution in [2.75, 3.05) is 26.2 Å². The third-order valence-electron chi connectivity index (χ3n) is 3.58. The van der Waals surface area contributed by atoms with E-state index in [0.29, 0.717) is 17.1 Å². The lowest BCUT2D eigenvalue weighted by molar-refractivity contribution is -0.385. The Morgan fingerprint density at radius 1 is 1.35 bits per heavy atom. The van der Waals surface area contributed by atoms with Crippen molar-refractivity contribution in [3.05, 3.63) is 38.9 Å². The van der Waals surface area contributed by atoms with Crippen LogP contribution in [0.2, 0.25) is 5.02 Å². The van der Waals surface area contributed by atoms with Gasteiger partial charge in [0.25, 0.3) is 5.69 Å². The fourth-order valence-electron chi connectivity index (χ4n) is 2.53. The molecule has 5 nitrogen and oxygen atoms in total. The van der Waals surface area contributed by atoms with Gasteiger partial charge in [-0.25, -0.2) is 0 Å². The zero-order valence-electron chi connectivity index (χ0n) is 11.5. The zero-order valence-corrected chi connectivity index (χ0v) is 12.2. The van der Waals surface area contributed by atoms with Crippen molar-refractivity contribution in [1.82, 2.24) is 10.2 Å². The van der Waals surface area contributed by atoms with Gasteiger partial charge in [0.2, 0.25) is 0 Å². The summed E-state index contributed by atoms with van der Waals surface area (Å²) in [7, 11) is 0. The SMILES string of the molecule is O=[N+]([O-])c1ccc(Cl)cc1CNCCCN1CCCC1. The molecule has 110 valence electrons. The van der Waals surface area contributed by atoms with Crippen molar-refractivity contribution in [3.8, 4) is 0 Å². The summed E-state index contributed by atoms with van der Waals surface area (Å²) in [6.07, 6.45) is 3.68. The summed E-state index contributed by atoms with van der Waals surface area (Å²) in [5, 5.41) is 14.7. The van der Waals surface area contributed by atoms with Crippen LogP contribution in [0.25, 0.3) is 0 Å². The number of nitrogens with zero attached hydrogens (tertiary/aromatic N) is 2. The van der Waals surface area contributed by atoms with Gasteiger partial charge >= 0.3 is 0 Å². The van der Waals surface area contributed by atoms with Crippen LogP contribution in [0.4, 0.5) is 5.69 Å². The van der Waals surface area contributed by atoms with Gasteiger partial charge in [-0.3, -0.25) is 10.1 Å². The van der Waals surface area contributed by atoms with Gasteiger partial charge in [-0.05, 0) is 57.6 Å². The molecule has 1 fully saturated rings. The smallest absolute Gasteiger partial charge is 0.273 e. The highest BCUT2D eigenvalue weighted by atomic mass is 35.5. The minimum absolute atomic E-state index is 0.126. The first kappa shape index (κ1) is 15.2. The Morgan fingerprint density at radius 2 is 2.10 bits per heavy atom. The number of halogens is 1. The Hall–Kier alpha value is -1.17. The van der Waals surface area contributed by atoms with Crippen LogP contribution in [0.1, 0.15) is 24.8 Å². The maximum absolute atomic E-state index is 10.9. The van der Waals surface area contributed by atoms with E-state index in [4.69, 9.17) is 11.6 Å². The van der Waals surface area contributed by atoms with Crippen molar-refractivity contribution in [3.63, 3.8) is 0 Å². The molecular weight excluding hydrogens is 278 g/mol. The monoisotopic (exact) mass is 297 g/mol. The Kier molecular flexibility index (Phi) is 5.76. The maximum atomic E-state index is 10.9. The molecule has 1 aliphatic heterocycles. The molecule has 1 saturated heterocycles. The van der Waals surface area contributed by atoms with Gasteiger partial charge < -0.3 is 10.2 Å². The van der Waals surface area contributed by atoms with Gasteiger partial charge in [0.1, 0.15) is 0 Å². The number of hydrogen-bond acceptors (Lipinski definition) is 4. The van der Waals surface area contributed by atoms with Gasteiger partial charge in [-0.2, -0.15) is 0 Å². The van der Waals surface area contributed by atoms with Crippen molar-refractivity contribution < 1.29 is 4.92 Å². The summed E-state index contributed by atoms with van der Waals surface area (Å²) in [5.74, 6) is 0. The highest BCUT2D eigenvalue weighted by Crippen LogP contribution is 2.22. The second-order valence-corrected chi connectivity index (χ2v) is 5.55. The number of nitrogens with one attached hydrogen (secondary N) is 1. The summed E-state index contributed by atoms with van der Waals surface area (Å²) in [6.45, 7) is 4.86. The number of nitro benzene ring substituents is 1. The van der Waals surface area contributed by atoms with Gasteiger partial charge in [0.15, 0.2) is 0 Å². The average Bonchev–Trinajstić information content (AvgIpc) is 2.91. The van der Waals surface area contributed by atoms with Gasteiger partial charge in [-0.15, -0.1) is 0 Å². The summed E-state index contributed by atoms with van der Waals surface area (Å²) in [4.78, 5) is 13.0. The molecule has 0 aromatic heterocycles. The van der Waals surface area contributed by atoms with E-state index in [1.165, 1.54) is 32.0 Å². The van der Waals surface area contributed by atoms with Crippen LogP contribution in [0, 0.1) is 10.1 Å². The molecule has 1 heterocycles. The van der Waals surface area contributed by atoms with E-state index in [9.17, 15) is 10.1 Å². The minimum Gasteiger partial charge on any atom is -0.312 e. The Balaban J connectivity index is 1.75. The van der Waals surface area contributed by atoms with E-state index in [2.05, 4.69) is 10.2 Å². The molecule has 0 amide bonds. The molecule has 0 aliphatic carbocycles. The minimum atomic E-state index is -0.364. The number of likely N-dealkylation sites (tertiary alicyclic amines) is 1. The molecule has 2 rings (SSSR count). The molecule has 0 unspecified atom stereocenters. The predicted octanol–water partition coefficient (Wildman–Crippen LogP) is 2.82. The van der Waals surface area contributed by atoms with Crippen molar-refractivity contribution in [1.29, 1.82) is 0 Å². The molecule has 0 radical (unpaired) electrons. The molecule has 20 heavy (non-hydrogen) atoms. The first-order valence-corrected chi connectivity index (χ1v) is 7.40. The van der Waals surface area contributed by atoms with E-state index in [-0.39, 0.29) is 10.6 Å². The summed E-state index contributed by atoms with van der Waals surface area (Å²) in [5.41, 5.74) is 0.769. The van der Waals surface area contributed by atoms with E-state index >= 15 is 0 Å². The molecule has 0 atom stereocenters. The summed E-state index contributed by atoms with van der Waals surface area (Å²) < 4.78 is 0. The second kappa shape index (κ2) is 7.57. The highest BCUT2D eigenvalue weighted by Gasteiger charge is 2.13. The molecule has 1 aromatic carbocycles. The lowest BCUT2D eigenvalue weighted by Gasteiger charge is -2.14. The Bertz CT molecular complexity index is 462. The Morgan fingerprint density at radius 3 is 2.80 bits per heavy atom. The first-order chi connectivity index (χ1) is 9.66. The predicted molar refractivity (Wildman–Crippen MR) is 80.1 cm³/mol. The van der Waals surface area contributed by atoms with Crippen LogP contribution in [0.3, 0.4) is 0 Å². The quantitative estimate of drug-likeness (QED) is 0.478. The van der Waals surface area contributed by atoms with E-state index < -0.39 is 0 Å². The fourth-order valence-corrected chi connectivity index (χ4v) is 2.73. The number of benzene rings is 1. The average molecular weight is 298 g/mol. The molecule has 0 bridgehead atoms. The standard InChI is InChI=1S/C14H20ClN3O2/c15-13-4-5-14(18(19)20)12(10-13)11-16-6-3-9-17-7-1-2-8-17/h4-5,10,16H,1-3,6-9,11H2. The molecule has 1 aliphatic rings. The molecule has 0 saturated carbocycles. The lowest BCUT2D eigenvalue weighted by atomic mass is 10.2. The van der Waals surface area contributed by atoms with E-state index in [1.54, 1.807) is 12.1 Å². The highest BCUT2D eigenvalue weighted by molar-refractivity contribution is 6.30. The lowest BCUT2D eigenvalue weighted by Crippen LogP contribution is -2.24. The van der Waals surface area contributed by atoms with E-state index in [1.807, 2.05) is 0 Å². The number of rotatable bonds is 7. The van der Waals surface area contributed by atoms with Crippen molar-refractivity contribution in [2.24, 2.45) is 0 Å². The molecule has 1 N–H and O–H groups in total. The fraction of sp³-hybridized carbons (Fsp3) is 0.571. The number of nitro groups is 1. The zero-order chi connectivity index (χ0) is 14.4. The van der Waals surface area contributed by atoms with Crippen LogP contribution in [0.5, 0.6) is 0 Å². The number of hydrogen-bond donors (Lipinski definition) is 1. The van der Waals surface area contributed by atoms with Gasteiger partial charge in [-0.1, -0.05) is 11.6 Å². The molecule has 6 heteroatoms. The van der Waals surface area contributed by atoms with Gasteiger partial charge in [0, 0.05) is 23.2 Å². The molecular formula is C14H20ClN3O2. The van der Waals surface area contributed by atoms with Crippen LogP contribution in [-0.2, 0) is 6.54 Å². The van der Waals surface area contributed by atoms with Crippen molar-refractivity contribution in [2.45, 2.75) is 25.8 Å². The Labute approximate surface area is 124 Å². The topological polar surface area (TPSA) is 58.4 Å². The van der Waals surface area contributed by atoms with Crippen LogP contribution in [-0.4, -0.2) is 36.0 Å². The second-order valence-electron chi connectivity index (χ2n) is 5.11.